The summed E-state index contributed by atoms with van der Waals surface area (Å²) in [6.45, 7) is 11.3. The summed E-state index contributed by atoms with van der Waals surface area (Å²) in [6.07, 6.45) is 1.83. The van der Waals surface area contributed by atoms with Gasteiger partial charge in [-0.15, -0.1) is 24.0 Å². The van der Waals surface area contributed by atoms with Crippen molar-refractivity contribution in [2.75, 3.05) is 45.9 Å². The first kappa shape index (κ1) is 23.4. The Morgan fingerprint density at radius 2 is 1.86 bits per heavy atom. The van der Waals surface area contributed by atoms with E-state index in [1.165, 1.54) is 5.56 Å². The Morgan fingerprint density at radius 1 is 1.10 bits per heavy atom. The zero-order chi connectivity index (χ0) is 19.6. The number of hydrogen-bond acceptors (Lipinski definition) is 4. The van der Waals surface area contributed by atoms with Crippen molar-refractivity contribution in [2.45, 2.75) is 20.4 Å². The molecule has 1 fully saturated rings. The molecule has 2 heterocycles. The number of hydrogen-bond donors (Lipinski definition) is 1. The minimum Gasteiger partial charge on any atom is -0.492 e. The van der Waals surface area contributed by atoms with Gasteiger partial charge in [-0.05, 0) is 37.6 Å². The highest BCUT2D eigenvalue weighted by Crippen LogP contribution is 2.09. The molecule has 1 aromatic carbocycles. The number of rotatable bonds is 7. The Morgan fingerprint density at radius 3 is 2.55 bits per heavy atom. The number of halogens is 1. The van der Waals surface area contributed by atoms with Crippen LogP contribution in [-0.4, -0.2) is 66.6 Å². The molecular formula is C22H32IN5O. The standard InChI is InChI=1S/C22H31N5O.HI/c1-3-23-22(25-18-21-19(2)8-7-11-24-21)27-14-12-26(13-15-27)16-17-28-20-9-5-4-6-10-20;/h4-11H,3,12-18H2,1-2H3,(H,23,25);1H. The van der Waals surface area contributed by atoms with E-state index in [0.29, 0.717) is 6.54 Å². The number of nitrogens with one attached hydrogen (secondary N) is 1. The number of aryl methyl sites for hydroxylation is 1. The first-order valence-corrected chi connectivity index (χ1v) is 10.1. The zero-order valence-electron chi connectivity index (χ0n) is 17.4. The van der Waals surface area contributed by atoms with Crippen LogP contribution >= 0.6 is 24.0 Å². The van der Waals surface area contributed by atoms with Crippen LogP contribution in [0.2, 0.25) is 0 Å². The molecule has 1 aliphatic heterocycles. The molecule has 158 valence electrons. The molecule has 0 saturated carbocycles. The average Bonchev–Trinajstić information content (AvgIpc) is 2.73. The van der Waals surface area contributed by atoms with Gasteiger partial charge in [-0.1, -0.05) is 24.3 Å². The van der Waals surface area contributed by atoms with E-state index in [1.54, 1.807) is 0 Å². The van der Waals surface area contributed by atoms with Gasteiger partial charge in [-0.3, -0.25) is 9.88 Å². The normalized spacial score (nSPS) is 15.0. The van der Waals surface area contributed by atoms with Crippen LogP contribution in [-0.2, 0) is 6.54 Å². The maximum absolute atomic E-state index is 5.82. The largest absolute Gasteiger partial charge is 0.492 e. The third-order valence-electron chi connectivity index (χ3n) is 4.92. The summed E-state index contributed by atoms with van der Waals surface area (Å²) in [7, 11) is 0. The molecule has 1 N–H and O–H groups in total. The second kappa shape index (κ2) is 12.6. The molecule has 2 aromatic rings. The van der Waals surface area contributed by atoms with E-state index in [9.17, 15) is 0 Å². The Kier molecular flexibility index (Phi) is 10.2. The summed E-state index contributed by atoms with van der Waals surface area (Å²) in [4.78, 5) is 14.1. The highest BCUT2D eigenvalue weighted by Gasteiger charge is 2.19. The van der Waals surface area contributed by atoms with Gasteiger partial charge in [0.15, 0.2) is 5.96 Å². The van der Waals surface area contributed by atoms with Gasteiger partial charge in [0, 0.05) is 45.5 Å². The van der Waals surface area contributed by atoms with E-state index in [4.69, 9.17) is 9.73 Å². The van der Waals surface area contributed by atoms with Crippen LogP contribution in [0.3, 0.4) is 0 Å². The molecule has 0 unspecified atom stereocenters. The number of aliphatic imine (C=N–C) groups is 1. The van der Waals surface area contributed by atoms with Crippen molar-refractivity contribution in [2.24, 2.45) is 4.99 Å². The quantitative estimate of drug-likeness (QED) is 0.353. The Labute approximate surface area is 191 Å². The zero-order valence-corrected chi connectivity index (χ0v) is 19.7. The smallest absolute Gasteiger partial charge is 0.194 e. The molecule has 0 spiro atoms. The fourth-order valence-electron chi connectivity index (χ4n) is 3.25. The molecule has 29 heavy (non-hydrogen) atoms. The van der Waals surface area contributed by atoms with E-state index in [0.717, 1.165) is 63.3 Å². The topological polar surface area (TPSA) is 53.0 Å². The molecule has 3 rings (SSSR count). The first-order chi connectivity index (χ1) is 13.8. The van der Waals surface area contributed by atoms with Gasteiger partial charge in [-0.2, -0.15) is 0 Å². The first-order valence-electron chi connectivity index (χ1n) is 10.1. The number of nitrogens with zero attached hydrogens (tertiary/aromatic N) is 4. The predicted molar refractivity (Wildman–Crippen MR) is 129 cm³/mol. The monoisotopic (exact) mass is 509 g/mol. The van der Waals surface area contributed by atoms with Crippen LogP contribution in [0.5, 0.6) is 5.75 Å². The van der Waals surface area contributed by atoms with Gasteiger partial charge < -0.3 is 15.0 Å². The minimum absolute atomic E-state index is 0. The second-order valence-electron chi connectivity index (χ2n) is 6.93. The number of ether oxygens (including phenoxy) is 1. The molecular weight excluding hydrogens is 477 g/mol. The molecule has 6 nitrogen and oxygen atoms in total. The fourth-order valence-corrected chi connectivity index (χ4v) is 3.25. The maximum Gasteiger partial charge on any atom is 0.194 e. The summed E-state index contributed by atoms with van der Waals surface area (Å²) >= 11 is 0. The third-order valence-corrected chi connectivity index (χ3v) is 4.92. The molecule has 1 aliphatic rings. The summed E-state index contributed by atoms with van der Waals surface area (Å²) in [5.74, 6) is 1.92. The highest BCUT2D eigenvalue weighted by atomic mass is 127. The Bertz CT molecular complexity index is 748. The van der Waals surface area contributed by atoms with Crippen molar-refractivity contribution in [1.82, 2.24) is 20.1 Å². The molecule has 0 bridgehead atoms. The van der Waals surface area contributed by atoms with Crippen LogP contribution in [0.25, 0.3) is 0 Å². The second-order valence-corrected chi connectivity index (χ2v) is 6.93. The van der Waals surface area contributed by atoms with E-state index >= 15 is 0 Å². The molecule has 0 radical (unpaired) electrons. The molecule has 0 amide bonds. The minimum atomic E-state index is 0. The fraction of sp³-hybridized carbons (Fsp3) is 0.455. The lowest BCUT2D eigenvalue weighted by Crippen LogP contribution is -2.53. The van der Waals surface area contributed by atoms with Crippen LogP contribution in [0, 0.1) is 6.92 Å². The van der Waals surface area contributed by atoms with Crippen molar-refractivity contribution in [1.29, 1.82) is 0 Å². The van der Waals surface area contributed by atoms with E-state index < -0.39 is 0 Å². The van der Waals surface area contributed by atoms with Crippen LogP contribution in [0.15, 0.2) is 53.7 Å². The number of pyridine rings is 1. The van der Waals surface area contributed by atoms with Crippen molar-refractivity contribution >= 4 is 29.9 Å². The summed E-state index contributed by atoms with van der Waals surface area (Å²) in [5, 5.41) is 3.43. The number of para-hydroxylation sites is 1. The number of benzene rings is 1. The molecule has 0 atom stereocenters. The van der Waals surface area contributed by atoms with Gasteiger partial charge in [0.05, 0.1) is 12.2 Å². The lowest BCUT2D eigenvalue weighted by Gasteiger charge is -2.36. The summed E-state index contributed by atoms with van der Waals surface area (Å²) in [6, 6.07) is 14.1. The lowest BCUT2D eigenvalue weighted by atomic mass is 10.2. The average molecular weight is 509 g/mol. The van der Waals surface area contributed by atoms with Crippen LogP contribution < -0.4 is 10.1 Å². The van der Waals surface area contributed by atoms with Crippen LogP contribution in [0.4, 0.5) is 0 Å². The molecule has 1 saturated heterocycles. The number of piperazine rings is 1. The lowest BCUT2D eigenvalue weighted by molar-refractivity contribution is 0.152. The van der Waals surface area contributed by atoms with E-state index in [-0.39, 0.29) is 24.0 Å². The van der Waals surface area contributed by atoms with Crippen molar-refractivity contribution < 1.29 is 4.74 Å². The van der Waals surface area contributed by atoms with E-state index in [2.05, 4.69) is 40.0 Å². The third kappa shape index (κ3) is 7.47. The van der Waals surface area contributed by atoms with Gasteiger partial charge in [0.1, 0.15) is 12.4 Å². The Balaban J connectivity index is 0.00000300. The van der Waals surface area contributed by atoms with Crippen molar-refractivity contribution in [3.63, 3.8) is 0 Å². The van der Waals surface area contributed by atoms with Gasteiger partial charge in [-0.25, -0.2) is 4.99 Å². The van der Waals surface area contributed by atoms with Crippen molar-refractivity contribution in [3.8, 4) is 5.75 Å². The maximum atomic E-state index is 5.82. The number of guanidine groups is 1. The van der Waals surface area contributed by atoms with E-state index in [1.807, 2.05) is 42.6 Å². The Hall–Kier alpha value is -1.87. The summed E-state index contributed by atoms with van der Waals surface area (Å²) < 4.78 is 5.82. The van der Waals surface area contributed by atoms with Gasteiger partial charge >= 0.3 is 0 Å². The molecule has 1 aromatic heterocycles. The molecule has 7 heteroatoms. The van der Waals surface area contributed by atoms with Gasteiger partial charge in [0.25, 0.3) is 0 Å². The number of aromatic nitrogens is 1. The SMILES string of the molecule is CCNC(=NCc1ncccc1C)N1CCN(CCOc2ccccc2)CC1.I. The van der Waals surface area contributed by atoms with Crippen LogP contribution in [0.1, 0.15) is 18.2 Å². The summed E-state index contributed by atoms with van der Waals surface area (Å²) in [5.41, 5.74) is 2.22. The highest BCUT2D eigenvalue weighted by molar-refractivity contribution is 14.0. The van der Waals surface area contributed by atoms with Gasteiger partial charge in [0.2, 0.25) is 0 Å². The molecule has 0 aliphatic carbocycles. The predicted octanol–water partition coefficient (Wildman–Crippen LogP) is 3.17. The van der Waals surface area contributed by atoms with Crippen molar-refractivity contribution in [3.05, 3.63) is 59.9 Å².